The Bertz CT molecular complexity index is 555. The van der Waals surface area contributed by atoms with Crippen LogP contribution in [0.3, 0.4) is 0 Å². The van der Waals surface area contributed by atoms with Crippen molar-refractivity contribution in [3.05, 3.63) is 35.9 Å². The molecule has 0 bridgehead atoms. The molecule has 0 saturated carbocycles. The Labute approximate surface area is 137 Å². The van der Waals surface area contributed by atoms with Crippen LogP contribution >= 0.6 is 0 Å². The predicted molar refractivity (Wildman–Crippen MR) is 88.7 cm³/mol. The lowest BCUT2D eigenvalue weighted by atomic mass is 9.83. The Hall–Kier alpha value is -1.88. The first-order chi connectivity index (χ1) is 11.2. The van der Waals surface area contributed by atoms with Crippen LogP contribution in [-0.4, -0.2) is 42.9 Å². The quantitative estimate of drug-likeness (QED) is 0.888. The zero-order chi connectivity index (χ0) is 16.2. The molecule has 2 aliphatic heterocycles. The normalized spacial score (nSPS) is 28.5. The third kappa shape index (κ3) is 3.55. The van der Waals surface area contributed by atoms with E-state index in [4.69, 9.17) is 0 Å². The van der Waals surface area contributed by atoms with Crippen LogP contribution in [0.5, 0.6) is 0 Å². The molecule has 2 aliphatic rings. The zero-order valence-corrected chi connectivity index (χ0v) is 13.6. The molecular formula is C18H25N3O2. The number of nitrogens with zero attached hydrogens (tertiary/aromatic N) is 1. The van der Waals surface area contributed by atoms with E-state index in [1.165, 1.54) is 0 Å². The van der Waals surface area contributed by atoms with E-state index < -0.39 is 0 Å². The van der Waals surface area contributed by atoms with Crippen LogP contribution < -0.4 is 10.6 Å². The number of piperidine rings is 2. The summed E-state index contributed by atoms with van der Waals surface area (Å²) in [6.07, 6.45) is 3.18. The molecule has 124 valence electrons. The Balaban J connectivity index is 1.77. The number of carbonyl (C=O) groups excluding carboxylic acids is 2. The minimum atomic E-state index is -0.179. The first-order valence-corrected chi connectivity index (χ1v) is 8.48. The number of rotatable bonds is 3. The van der Waals surface area contributed by atoms with Gasteiger partial charge in [-0.2, -0.15) is 0 Å². The summed E-state index contributed by atoms with van der Waals surface area (Å²) in [7, 11) is 1.81. The molecule has 0 aliphatic carbocycles. The Morgan fingerprint density at radius 3 is 2.74 bits per heavy atom. The van der Waals surface area contributed by atoms with E-state index in [1.807, 2.05) is 37.4 Å². The van der Waals surface area contributed by atoms with E-state index in [0.29, 0.717) is 12.8 Å². The van der Waals surface area contributed by atoms with E-state index in [-0.39, 0.29) is 29.8 Å². The van der Waals surface area contributed by atoms with Crippen molar-refractivity contribution in [1.29, 1.82) is 0 Å². The highest BCUT2D eigenvalue weighted by molar-refractivity contribution is 5.85. The van der Waals surface area contributed by atoms with Crippen LogP contribution in [0.1, 0.15) is 37.3 Å². The Morgan fingerprint density at radius 1 is 1.26 bits per heavy atom. The van der Waals surface area contributed by atoms with Crippen LogP contribution in [0.15, 0.2) is 30.3 Å². The summed E-state index contributed by atoms with van der Waals surface area (Å²) >= 11 is 0. The molecule has 1 aromatic carbocycles. The van der Waals surface area contributed by atoms with Gasteiger partial charge in [-0.25, -0.2) is 0 Å². The van der Waals surface area contributed by atoms with Crippen molar-refractivity contribution in [2.24, 2.45) is 5.92 Å². The second-order valence-electron chi connectivity index (χ2n) is 6.56. The molecule has 3 unspecified atom stereocenters. The minimum Gasteiger partial charge on any atom is -0.352 e. The summed E-state index contributed by atoms with van der Waals surface area (Å²) in [4.78, 5) is 26.7. The summed E-state index contributed by atoms with van der Waals surface area (Å²) in [5.74, 6) is 0.0103. The molecule has 2 fully saturated rings. The highest BCUT2D eigenvalue weighted by Gasteiger charge is 2.39. The third-order valence-corrected chi connectivity index (χ3v) is 4.98. The molecule has 0 aromatic heterocycles. The fraction of sp³-hybridized carbons (Fsp3) is 0.556. The standard InChI is InChI=1S/C18H25N3O2/c1-21-16(22)10-9-15(17(21)13-6-3-2-4-7-13)18(23)20-14-8-5-11-19-12-14/h2-4,6-7,14-15,17,19H,5,8-12H2,1H3,(H,20,23). The Morgan fingerprint density at radius 2 is 2.04 bits per heavy atom. The van der Waals surface area contributed by atoms with Crippen molar-refractivity contribution in [3.8, 4) is 0 Å². The van der Waals surface area contributed by atoms with Gasteiger partial charge >= 0.3 is 0 Å². The summed E-state index contributed by atoms with van der Waals surface area (Å²) < 4.78 is 0. The Kier molecular flexibility index (Phi) is 4.96. The number of likely N-dealkylation sites (tertiary alicyclic amines) is 1. The van der Waals surface area contributed by atoms with Gasteiger partial charge in [0.2, 0.25) is 11.8 Å². The van der Waals surface area contributed by atoms with Crippen molar-refractivity contribution in [1.82, 2.24) is 15.5 Å². The van der Waals surface area contributed by atoms with Gasteiger partial charge in [0.05, 0.1) is 12.0 Å². The molecule has 2 saturated heterocycles. The maximum absolute atomic E-state index is 12.8. The SMILES string of the molecule is CN1C(=O)CCC(C(=O)NC2CCCNC2)C1c1ccccc1. The van der Waals surface area contributed by atoms with Gasteiger partial charge in [0, 0.05) is 26.1 Å². The predicted octanol–water partition coefficient (Wildman–Crippen LogP) is 1.46. The van der Waals surface area contributed by atoms with Crippen molar-refractivity contribution in [2.45, 2.75) is 37.8 Å². The van der Waals surface area contributed by atoms with Gasteiger partial charge in [-0.05, 0) is 31.4 Å². The number of hydrogen-bond donors (Lipinski definition) is 2. The molecule has 2 heterocycles. The summed E-state index contributed by atoms with van der Waals surface area (Å²) in [6.45, 7) is 1.86. The van der Waals surface area contributed by atoms with Crippen molar-refractivity contribution in [2.75, 3.05) is 20.1 Å². The van der Waals surface area contributed by atoms with Gasteiger partial charge in [0.1, 0.15) is 0 Å². The van der Waals surface area contributed by atoms with E-state index >= 15 is 0 Å². The number of nitrogens with one attached hydrogen (secondary N) is 2. The smallest absolute Gasteiger partial charge is 0.225 e. The van der Waals surface area contributed by atoms with Crippen molar-refractivity contribution >= 4 is 11.8 Å². The van der Waals surface area contributed by atoms with Crippen LogP contribution in [0, 0.1) is 5.92 Å². The fourth-order valence-electron chi connectivity index (χ4n) is 3.70. The lowest BCUT2D eigenvalue weighted by Crippen LogP contribution is -2.51. The topological polar surface area (TPSA) is 61.4 Å². The van der Waals surface area contributed by atoms with Crippen LogP contribution in [0.25, 0.3) is 0 Å². The number of hydrogen-bond acceptors (Lipinski definition) is 3. The van der Waals surface area contributed by atoms with Crippen LogP contribution in [0.4, 0.5) is 0 Å². The minimum absolute atomic E-state index is 0.0758. The van der Waals surface area contributed by atoms with Gasteiger partial charge in [-0.1, -0.05) is 30.3 Å². The molecular weight excluding hydrogens is 290 g/mol. The van der Waals surface area contributed by atoms with Crippen LogP contribution in [0.2, 0.25) is 0 Å². The maximum Gasteiger partial charge on any atom is 0.225 e. The maximum atomic E-state index is 12.8. The van der Waals surface area contributed by atoms with E-state index in [2.05, 4.69) is 10.6 Å². The van der Waals surface area contributed by atoms with Crippen molar-refractivity contribution < 1.29 is 9.59 Å². The number of amides is 2. The average molecular weight is 315 g/mol. The number of carbonyl (C=O) groups is 2. The van der Waals surface area contributed by atoms with Gasteiger partial charge in [0.25, 0.3) is 0 Å². The van der Waals surface area contributed by atoms with E-state index in [0.717, 1.165) is 31.5 Å². The first kappa shape index (κ1) is 16.0. The number of benzene rings is 1. The summed E-state index contributed by atoms with van der Waals surface area (Å²) in [5.41, 5.74) is 1.03. The van der Waals surface area contributed by atoms with Gasteiger partial charge < -0.3 is 15.5 Å². The molecule has 3 rings (SSSR count). The zero-order valence-electron chi connectivity index (χ0n) is 13.6. The molecule has 3 atom stereocenters. The largest absolute Gasteiger partial charge is 0.352 e. The van der Waals surface area contributed by atoms with Gasteiger partial charge in [-0.15, -0.1) is 0 Å². The monoisotopic (exact) mass is 315 g/mol. The molecule has 5 heteroatoms. The lowest BCUT2D eigenvalue weighted by Gasteiger charge is -2.39. The highest BCUT2D eigenvalue weighted by Crippen LogP contribution is 2.35. The molecule has 1 aromatic rings. The third-order valence-electron chi connectivity index (χ3n) is 4.98. The van der Waals surface area contributed by atoms with Crippen LogP contribution in [-0.2, 0) is 9.59 Å². The first-order valence-electron chi connectivity index (χ1n) is 8.48. The molecule has 5 nitrogen and oxygen atoms in total. The molecule has 2 amide bonds. The summed E-state index contributed by atoms with van der Waals surface area (Å²) in [5, 5.41) is 6.51. The average Bonchev–Trinajstić information content (AvgIpc) is 2.58. The summed E-state index contributed by atoms with van der Waals surface area (Å²) in [6, 6.07) is 9.91. The van der Waals surface area contributed by atoms with Gasteiger partial charge in [0.15, 0.2) is 0 Å². The molecule has 23 heavy (non-hydrogen) atoms. The molecule has 2 N–H and O–H groups in total. The molecule has 0 spiro atoms. The second kappa shape index (κ2) is 7.13. The van der Waals surface area contributed by atoms with E-state index in [1.54, 1.807) is 4.90 Å². The highest BCUT2D eigenvalue weighted by atomic mass is 16.2. The second-order valence-corrected chi connectivity index (χ2v) is 6.56. The molecule has 0 radical (unpaired) electrons. The lowest BCUT2D eigenvalue weighted by molar-refractivity contribution is -0.141. The van der Waals surface area contributed by atoms with Gasteiger partial charge in [-0.3, -0.25) is 9.59 Å². The van der Waals surface area contributed by atoms with Crippen molar-refractivity contribution in [3.63, 3.8) is 0 Å². The van der Waals surface area contributed by atoms with E-state index in [9.17, 15) is 9.59 Å². The fourth-order valence-corrected chi connectivity index (χ4v) is 3.70.